The quantitative estimate of drug-likeness (QED) is 0.749. The van der Waals surface area contributed by atoms with E-state index in [0.29, 0.717) is 21.7 Å². The average molecular weight is 382 g/mol. The molecule has 126 valence electrons. The minimum Gasteiger partial charge on any atom is -0.479 e. The molecule has 0 radical (unpaired) electrons. The average Bonchev–Trinajstić information content (AvgIpc) is 2.88. The van der Waals surface area contributed by atoms with Crippen molar-refractivity contribution in [2.24, 2.45) is 0 Å². The van der Waals surface area contributed by atoms with Crippen molar-refractivity contribution in [3.8, 4) is 11.8 Å². The Hall–Kier alpha value is -1.75. The van der Waals surface area contributed by atoms with Gasteiger partial charge in [0.1, 0.15) is 5.75 Å². The fourth-order valence-electron chi connectivity index (χ4n) is 1.82. The van der Waals surface area contributed by atoms with Gasteiger partial charge in [0.25, 0.3) is 5.91 Å². The van der Waals surface area contributed by atoms with Gasteiger partial charge in [-0.15, -0.1) is 0 Å². The van der Waals surface area contributed by atoms with Gasteiger partial charge in [-0.25, -0.2) is 4.98 Å². The predicted octanol–water partition coefficient (Wildman–Crippen LogP) is 4.44. The van der Waals surface area contributed by atoms with Crippen molar-refractivity contribution in [1.82, 2.24) is 4.98 Å². The molecular weight excluding hydrogens is 366 g/mol. The molecule has 0 fully saturated rings. The molecule has 5 nitrogen and oxygen atoms in total. The smallest absolute Gasteiger partial charge is 0.266 e. The van der Waals surface area contributed by atoms with Crippen molar-refractivity contribution >= 4 is 45.7 Å². The van der Waals surface area contributed by atoms with Gasteiger partial charge in [-0.05, 0) is 38.5 Å². The van der Waals surface area contributed by atoms with Crippen molar-refractivity contribution in [3.63, 3.8) is 0 Å². The fourth-order valence-corrected chi connectivity index (χ4v) is 3.78. The normalized spacial score (nSPS) is 11.6. The minimum atomic E-state index is -0.719. The lowest BCUT2D eigenvalue weighted by Crippen LogP contribution is -2.30. The molecule has 24 heavy (non-hydrogen) atoms. The molecule has 0 aliphatic heterocycles. The number of nitrogens with one attached hydrogen (secondary N) is 1. The maximum Gasteiger partial charge on any atom is 0.266 e. The summed E-state index contributed by atoms with van der Waals surface area (Å²) in [4.78, 5) is 16.6. The lowest BCUT2D eigenvalue weighted by molar-refractivity contribution is -0.122. The molecule has 8 heteroatoms. The van der Waals surface area contributed by atoms with Crippen LogP contribution in [0.4, 0.5) is 5.13 Å². The van der Waals surface area contributed by atoms with Gasteiger partial charge in [0.05, 0.1) is 26.7 Å². The van der Waals surface area contributed by atoms with Crippen LogP contribution in [-0.4, -0.2) is 22.7 Å². The van der Waals surface area contributed by atoms with Gasteiger partial charge in [0.2, 0.25) is 0 Å². The summed E-state index contributed by atoms with van der Waals surface area (Å²) in [5.74, 6) is 0.514. The third-order valence-corrected chi connectivity index (χ3v) is 5.63. The number of aromatic nitrogens is 1. The van der Waals surface area contributed by atoms with Crippen molar-refractivity contribution in [1.29, 1.82) is 5.26 Å². The summed E-state index contributed by atoms with van der Waals surface area (Å²) in [5, 5.41) is 12.3. The first-order valence-corrected chi connectivity index (χ1v) is 9.29. The maximum atomic E-state index is 12.3. The van der Waals surface area contributed by atoms with Gasteiger partial charge in [-0.1, -0.05) is 40.8 Å². The van der Waals surface area contributed by atoms with Crippen molar-refractivity contribution in [3.05, 3.63) is 34.5 Å². The Morgan fingerprint density at radius 1 is 1.54 bits per heavy atom. The molecule has 0 aliphatic carbocycles. The zero-order valence-corrected chi connectivity index (χ0v) is 15.8. The van der Waals surface area contributed by atoms with E-state index in [1.807, 2.05) is 19.9 Å². The summed E-state index contributed by atoms with van der Waals surface area (Å²) >= 11 is 8.83. The van der Waals surface area contributed by atoms with Gasteiger partial charge >= 0.3 is 0 Å². The molecule has 1 amide bonds. The number of amides is 1. The Labute approximate surface area is 154 Å². The molecule has 1 heterocycles. The van der Waals surface area contributed by atoms with Crippen LogP contribution in [0.3, 0.4) is 0 Å². The summed E-state index contributed by atoms with van der Waals surface area (Å²) < 4.78 is 6.57. The standard InChI is InChI=1S/C16H16ClN3O2S2/c1-9-4-5-12(17)13(8-9)22-11(3)14(21)20-16-19-10(2)15(24-16)23-7-6-18/h4-5,8,11H,7H2,1-3H3,(H,19,20,21). The highest BCUT2D eigenvalue weighted by atomic mass is 35.5. The second-order valence-electron chi connectivity index (χ2n) is 5.02. The first kappa shape index (κ1) is 18.6. The van der Waals surface area contributed by atoms with E-state index in [-0.39, 0.29) is 5.91 Å². The van der Waals surface area contributed by atoms with Crippen LogP contribution in [0.2, 0.25) is 5.02 Å². The molecule has 1 unspecified atom stereocenters. The number of thiazole rings is 1. The number of rotatable bonds is 6. The van der Waals surface area contributed by atoms with Gasteiger partial charge in [0, 0.05) is 0 Å². The Balaban J connectivity index is 2.01. The molecule has 2 aromatic rings. The number of nitriles is 1. The lowest BCUT2D eigenvalue weighted by atomic mass is 10.2. The van der Waals surface area contributed by atoms with Gasteiger partial charge < -0.3 is 4.74 Å². The highest BCUT2D eigenvalue weighted by Gasteiger charge is 2.18. The van der Waals surface area contributed by atoms with Crippen LogP contribution in [0, 0.1) is 25.2 Å². The number of nitrogens with zero attached hydrogens (tertiary/aromatic N) is 2. The molecule has 1 aromatic heterocycles. The minimum absolute atomic E-state index is 0.307. The Bertz CT molecular complexity index is 786. The molecule has 1 N–H and O–H groups in total. The van der Waals surface area contributed by atoms with Gasteiger partial charge in [-0.3, -0.25) is 10.1 Å². The number of hydrogen-bond donors (Lipinski definition) is 1. The number of hydrogen-bond acceptors (Lipinski definition) is 6. The van der Waals surface area contributed by atoms with E-state index in [1.54, 1.807) is 19.1 Å². The van der Waals surface area contributed by atoms with Crippen molar-refractivity contribution in [2.75, 3.05) is 11.1 Å². The zero-order valence-electron chi connectivity index (χ0n) is 13.4. The highest BCUT2D eigenvalue weighted by Crippen LogP contribution is 2.32. The van der Waals surface area contributed by atoms with Crippen LogP contribution in [0.5, 0.6) is 5.75 Å². The van der Waals surface area contributed by atoms with Crippen LogP contribution in [0.15, 0.2) is 22.4 Å². The van der Waals surface area contributed by atoms with Crippen LogP contribution >= 0.6 is 34.7 Å². The topological polar surface area (TPSA) is 75.0 Å². The zero-order chi connectivity index (χ0) is 17.7. The summed E-state index contributed by atoms with van der Waals surface area (Å²) in [6.45, 7) is 5.42. The Morgan fingerprint density at radius 3 is 3.00 bits per heavy atom. The molecule has 1 aromatic carbocycles. The number of anilines is 1. The Kier molecular flexibility index (Phi) is 6.49. The highest BCUT2D eigenvalue weighted by molar-refractivity contribution is 8.01. The van der Waals surface area contributed by atoms with E-state index in [4.69, 9.17) is 21.6 Å². The number of halogens is 1. The van der Waals surface area contributed by atoms with E-state index in [9.17, 15) is 4.79 Å². The molecule has 0 saturated carbocycles. The van der Waals surface area contributed by atoms with E-state index in [2.05, 4.69) is 16.4 Å². The van der Waals surface area contributed by atoms with E-state index < -0.39 is 6.10 Å². The van der Waals surface area contributed by atoms with Crippen LogP contribution < -0.4 is 10.1 Å². The molecule has 0 bridgehead atoms. The second kappa shape index (κ2) is 8.38. The van der Waals surface area contributed by atoms with Crippen LogP contribution in [-0.2, 0) is 4.79 Å². The number of benzene rings is 1. The Morgan fingerprint density at radius 2 is 2.29 bits per heavy atom. The SMILES string of the molecule is Cc1ccc(Cl)c(OC(C)C(=O)Nc2nc(C)c(SCC#N)s2)c1. The number of carbonyl (C=O) groups excluding carboxylic acids is 1. The van der Waals surface area contributed by atoms with Crippen LogP contribution in [0.25, 0.3) is 0 Å². The van der Waals surface area contributed by atoms with Gasteiger partial charge in [-0.2, -0.15) is 5.26 Å². The third-order valence-electron chi connectivity index (χ3n) is 3.01. The first-order chi connectivity index (χ1) is 11.4. The van der Waals surface area contributed by atoms with E-state index in [0.717, 1.165) is 15.5 Å². The lowest BCUT2D eigenvalue weighted by Gasteiger charge is -2.15. The fraction of sp³-hybridized carbons (Fsp3) is 0.312. The van der Waals surface area contributed by atoms with E-state index >= 15 is 0 Å². The van der Waals surface area contributed by atoms with Crippen molar-refractivity contribution in [2.45, 2.75) is 31.1 Å². The van der Waals surface area contributed by atoms with Crippen LogP contribution in [0.1, 0.15) is 18.2 Å². The largest absolute Gasteiger partial charge is 0.479 e. The predicted molar refractivity (Wildman–Crippen MR) is 98.1 cm³/mol. The third kappa shape index (κ3) is 4.87. The first-order valence-electron chi connectivity index (χ1n) is 7.11. The summed E-state index contributed by atoms with van der Waals surface area (Å²) in [6, 6.07) is 7.47. The molecule has 1 atom stereocenters. The molecular formula is C16H16ClN3O2S2. The molecule has 0 spiro atoms. The maximum absolute atomic E-state index is 12.3. The summed E-state index contributed by atoms with van der Waals surface area (Å²) in [5.41, 5.74) is 1.79. The summed E-state index contributed by atoms with van der Waals surface area (Å²) in [7, 11) is 0. The number of ether oxygens (including phenoxy) is 1. The number of thioether (sulfide) groups is 1. The van der Waals surface area contributed by atoms with E-state index in [1.165, 1.54) is 23.1 Å². The monoisotopic (exact) mass is 381 g/mol. The molecule has 0 aliphatic rings. The molecule has 2 rings (SSSR count). The van der Waals surface area contributed by atoms with Gasteiger partial charge in [0.15, 0.2) is 11.2 Å². The number of carbonyl (C=O) groups is 1. The van der Waals surface area contributed by atoms with Crippen molar-refractivity contribution < 1.29 is 9.53 Å². The molecule has 0 saturated heterocycles. The summed E-state index contributed by atoms with van der Waals surface area (Å²) in [6.07, 6.45) is -0.719. The number of aryl methyl sites for hydroxylation is 2. The second-order valence-corrected chi connectivity index (χ2v) is 7.67.